The topological polar surface area (TPSA) is 85.6 Å². The Morgan fingerprint density at radius 2 is 2.04 bits per heavy atom. The highest BCUT2D eigenvalue weighted by Gasteiger charge is 2.12. The molecule has 1 aromatic carbocycles. The smallest absolute Gasteiger partial charge is 0.259 e. The molecule has 0 spiro atoms. The number of anilines is 1. The Morgan fingerprint density at radius 3 is 2.79 bits per heavy atom. The number of aromatic nitrogens is 5. The largest absolute Gasteiger partial charge is 0.298 e. The Morgan fingerprint density at radius 1 is 1.14 bits per heavy atom. The van der Waals surface area contributed by atoms with E-state index in [1.165, 1.54) is 34.9 Å². The standard InChI is InChI=1S/C18H12Cl2N6OS/c19-13-2-3-15(20)12(5-13)6-14-8-23-18(28-14)25-17(27)11-1-4-16(22-7-11)26-10-21-9-24-26/h1-5,7-10H,6H2,(H,23,25,27). The van der Waals surface area contributed by atoms with Gasteiger partial charge >= 0.3 is 0 Å². The van der Waals surface area contributed by atoms with Gasteiger partial charge in [0.25, 0.3) is 5.91 Å². The molecule has 0 atom stereocenters. The summed E-state index contributed by atoms with van der Waals surface area (Å²) in [6.45, 7) is 0. The quantitative estimate of drug-likeness (QED) is 0.510. The Balaban J connectivity index is 1.43. The number of pyridine rings is 1. The highest BCUT2D eigenvalue weighted by atomic mass is 35.5. The van der Waals surface area contributed by atoms with Gasteiger partial charge in [0.05, 0.1) is 5.56 Å². The number of hydrogen-bond donors (Lipinski definition) is 1. The van der Waals surface area contributed by atoms with Gasteiger partial charge in [-0.25, -0.2) is 19.6 Å². The van der Waals surface area contributed by atoms with Crippen LogP contribution < -0.4 is 5.32 Å². The molecule has 0 saturated carbocycles. The molecule has 4 rings (SSSR count). The van der Waals surface area contributed by atoms with Crippen molar-refractivity contribution in [3.8, 4) is 5.82 Å². The van der Waals surface area contributed by atoms with Gasteiger partial charge in [0.1, 0.15) is 12.7 Å². The second-order valence-electron chi connectivity index (χ2n) is 5.74. The van der Waals surface area contributed by atoms with E-state index < -0.39 is 0 Å². The Kier molecular flexibility index (Phi) is 5.34. The van der Waals surface area contributed by atoms with Crippen LogP contribution in [0.3, 0.4) is 0 Å². The second-order valence-corrected chi connectivity index (χ2v) is 7.70. The van der Waals surface area contributed by atoms with E-state index in [0.29, 0.717) is 33.0 Å². The van der Waals surface area contributed by atoms with E-state index in [9.17, 15) is 4.79 Å². The van der Waals surface area contributed by atoms with Crippen LogP contribution in [0.1, 0.15) is 20.8 Å². The molecule has 4 aromatic rings. The fourth-order valence-electron chi connectivity index (χ4n) is 2.47. The molecular formula is C18H12Cl2N6OS. The number of hydrogen-bond acceptors (Lipinski definition) is 6. The molecule has 0 aliphatic carbocycles. The van der Waals surface area contributed by atoms with Gasteiger partial charge in [0, 0.05) is 33.7 Å². The van der Waals surface area contributed by atoms with Crippen molar-refractivity contribution in [2.24, 2.45) is 0 Å². The minimum atomic E-state index is -0.292. The first-order chi connectivity index (χ1) is 13.6. The van der Waals surface area contributed by atoms with Gasteiger partial charge in [-0.2, -0.15) is 5.10 Å². The van der Waals surface area contributed by atoms with Crippen molar-refractivity contribution in [1.82, 2.24) is 24.7 Å². The fraction of sp³-hybridized carbons (Fsp3) is 0.0556. The molecule has 3 aromatic heterocycles. The molecule has 1 N–H and O–H groups in total. The van der Waals surface area contributed by atoms with E-state index in [0.717, 1.165) is 10.4 Å². The molecule has 0 fully saturated rings. The van der Waals surface area contributed by atoms with E-state index in [4.69, 9.17) is 23.2 Å². The lowest BCUT2D eigenvalue weighted by atomic mass is 10.1. The lowest BCUT2D eigenvalue weighted by molar-refractivity contribution is 0.102. The maximum absolute atomic E-state index is 12.4. The van der Waals surface area contributed by atoms with Crippen molar-refractivity contribution in [2.75, 3.05) is 5.32 Å². The molecule has 1 amide bonds. The van der Waals surface area contributed by atoms with E-state index in [1.807, 2.05) is 6.07 Å². The minimum absolute atomic E-state index is 0.292. The zero-order valence-corrected chi connectivity index (χ0v) is 16.5. The van der Waals surface area contributed by atoms with Crippen molar-refractivity contribution in [3.63, 3.8) is 0 Å². The minimum Gasteiger partial charge on any atom is -0.298 e. The monoisotopic (exact) mass is 430 g/mol. The van der Waals surface area contributed by atoms with Crippen LogP contribution >= 0.6 is 34.5 Å². The number of carbonyl (C=O) groups is 1. The van der Waals surface area contributed by atoms with Crippen LogP contribution in [-0.4, -0.2) is 30.6 Å². The summed E-state index contributed by atoms with van der Waals surface area (Å²) in [5.74, 6) is 0.281. The van der Waals surface area contributed by atoms with Crippen molar-refractivity contribution < 1.29 is 4.79 Å². The van der Waals surface area contributed by atoms with Crippen molar-refractivity contribution in [2.45, 2.75) is 6.42 Å². The Labute approximate surface area is 174 Å². The molecule has 0 unspecified atom stereocenters. The summed E-state index contributed by atoms with van der Waals surface area (Å²) in [6.07, 6.45) is 6.72. The lowest BCUT2D eigenvalue weighted by Gasteiger charge is -2.03. The van der Waals surface area contributed by atoms with Crippen LogP contribution in [0.15, 0.2) is 55.4 Å². The molecule has 0 saturated heterocycles. The highest BCUT2D eigenvalue weighted by Crippen LogP contribution is 2.27. The first-order valence-electron chi connectivity index (χ1n) is 8.09. The van der Waals surface area contributed by atoms with Crippen molar-refractivity contribution in [3.05, 3.63) is 81.4 Å². The van der Waals surface area contributed by atoms with Crippen LogP contribution in [0.25, 0.3) is 5.82 Å². The normalized spacial score (nSPS) is 10.8. The molecule has 7 nitrogen and oxygen atoms in total. The van der Waals surface area contributed by atoms with Gasteiger partial charge in [-0.1, -0.05) is 23.2 Å². The summed E-state index contributed by atoms with van der Waals surface area (Å²) in [5.41, 5.74) is 1.32. The Bertz CT molecular complexity index is 1110. The maximum atomic E-state index is 12.4. The second kappa shape index (κ2) is 8.05. The number of rotatable bonds is 5. The third kappa shape index (κ3) is 4.19. The van der Waals surface area contributed by atoms with Crippen LogP contribution in [0.2, 0.25) is 10.0 Å². The number of halogens is 2. The summed E-state index contributed by atoms with van der Waals surface area (Å²) in [6, 6.07) is 8.69. The zero-order chi connectivity index (χ0) is 19.5. The van der Waals surface area contributed by atoms with E-state index in [1.54, 1.807) is 30.5 Å². The molecule has 0 bridgehead atoms. The van der Waals surface area contributed by atoms with Crippen LogP contribution in [-0.2, 0) is 6.42 Å². The zero-order valence-electron chi connectivity index (χ0n) is 14.2. The summed E-state index contributed by atoms with van der Waals surface area (Å²) in [4.78, 5) is 25.7. The van der Waals surface area contributed by atoms with Crippen LogP contribution in [0, 0.1) is 0 Å². The number of nitrogens with zero attached hydrogens (tertiary/aromatic N) is 5. The fourth-order valence-corrected chi connectivity index (χ4v) is 3.67. The summed E-state index contributed by atoms with van der Waals surface area (Å²) < 4.78 is 1.51. The number of nitrogens with one attached hydrogen (secondary N) is 1. The van der Waals surface area contributed by atoms with Gasteiger partial charge in [-0.15, -0.1) is 11.3 Å². The lowest BCUT2D eigenvalue weighted by Crippen LogP contribution is -2.12. The SMILES string of the molecule is O=C(Nc1ncc(Cc2cc(Cl)ccc2Cl)s1)c1ccc(-n2cncn2)nc1. The van der Waals surface area contributed by atoms with Crippen molar-refractivity contribution >= 4 is 45.6 Å². The third-order valence-electron chi connectivity index (χ3n) is 3.81. The van der Waals surface area contributed by atoms with Crippen LogP contribution in [0.4, 0.5) is 5.13 Å². The van der Waals surface area contributed by atoms with Crippen molar-refractivity contribution in [1.29, 1.82) is 0 Å². The average Bonchev–Trinajstić information content (AvgIpc) is 3.37. The predicted molar refractivity (Wildman–Crippen MR) is 108 cm³/mol. The summed E-state index contributed by atoms with van der Waals surface area (Å²) >= 11 is 13.6. The number of thiazole rings is 1. The van der Waals surface area contributed by atoms with Gasteiger partial charge in [-0.05, 0) is 35.9 Å². The van der Waals surface area contributed by atoms with E-state index >= 15 is 0 Å². The third-order valence-corrected chi connectivity index (χ3v) is 5.33. The molecule has 0 radical (unpaired) electrons. The van der Waals surface area contributed by atoms with Gasteiger partial charge in [0.2, 0.25) is 0 Å². The van der Waals surface area contributed by atoms with Crippen LogP contribution in [0.5, 0.6) is 0 Å². The molecule has 28 heavy (non-hydrogen) atoms. The number of benzene rings is 1. The highest BCUT2D eigenvalue weighted by molar-refractivity contribution is 7.15. The number of amides is 1. The molecule has 0 aliphatic heterocycles. The first-order valence-corrected chi connectivity index (χ1v) is 9.67. The molecule has 10 heteroatoms. The van der Waals surface area contributed by atoms with E-state index in [2.05, 4.69) is 25.4 Å². The molecular weight excluding hydrogens is 419 g/mol. The number of carbonyl (C=O) groups excluding carboxylic acids is 1. The van der Waals surface area contributed by atoms with Gasteiger partial charge < -0.3 is 0 Å². The van der Waals surface area contributed by atoms with Gasteiger partial charge in [0.15, 0.2) is 10.9 Å². The molecule has 3 heterocycles. The molecule has 0 aliphatic rings. The predicted octanol–water partition coefficient (Wildman–Crippen LogP) is 4.27. The van der Waals surface area contributed by atoms with Gasteiger partial charge in [-0.3, -0.25) is 10.1 Å². The molecule has 140 valence electrons. The summed E-state index contributed by atoms with van der Waals surface area (Å²) in [7, 11) is 0. The summed E-state index contributed by atoms with van der Waals surface area (Å²) in [5, 5.41) is 8.54. The first kappa shape index (κ1) is 18.5. The Hall–Kier alpha value is -2.81. The maximum Gasteiger partial charge on any atom is 0.259 e. The average molecular weight is 431 g/mol. The van der Waals surface area contributed by atoms with E-state index in [-0.39, 0.29) is 5.91 Å².